The second-order valence-electron chi connectivity index (χ2n) is 11.1. The first-order chi connectivity index (χ1) is 16.9. The highest BCUT2D eigenvalue weighted by atomic mass is 32.2. The molecule has 2 aromatic heterocycles. The zero-order valence-electron chi connectivity index (χ0n) is 22.4. The summed E-state index contributed by atoms with van der Waals surface area (Å²) >= 11 is 0. The van der Waals surface area contributed by atoms with Crippen LogP contribution < -0.4 is 10.6 Å². The molecule has 2 unspecified atom stereocenters. The number of anilines is 1. The van der Waals surface area contributed by atoms with Gasteiger partial charge in [0, 0.05) is 36.5 Å². The van der Waals surface area contributed by atoms with Gasteiger partial charge >= 0.3 is 0 Å². The van der Waals surface area contributed by atoms with Gasteiger partial charge in [-0.15, -0.1) is 0 Å². The van der Waals surface area contributed by atoms with Crippen molar-refractivity contribution < 1.29 is 17.6 Å². The molecule has 1 amide bonds. The molecule has 0 aliphatic carbocycles. The predicted octanol–water partition coefficient (Wildman–Crippen LogP) is 3.49. The number of furan rings is 1. The van der Waals surface area contributed by atoms with Crippen LogP contribution in [0, 0.1) is 11.8 Å². The monoisotopic (exact) mass is 519 g/mol. The molecule has 0 aromatic carbocycles. The van der Waals surface area contributed by atoms with Crippen molar-refractivity contribution in [3.63, 3.8) is 0 Å². The lowest BCUT2D eigenvalue weighted by molar-refractivity contribution is 0.0595. The number of carbonyl (C=O) groups is 1. The van der Waals surface area contributed by atoms with Crippen molar-refractivity contribution in [1.29, 1.82) is 0 Å². The first kappa shape index (κ1) is 28.1. The van der Waals surface area contributed by atoms with E-state index in [0.29, 0.717) is 49.8 Å². The molecule has 0 saturated carbocycles. The maximum atomic E-state index is 14.0. The minimum atomic E-state index is -3.10. The van der Waals surface area contributed by atoms with Crippen LogP contribution in [0.5, 0.6) is 0 Å². The zero-order valence-corrected chi connectivity index (χ0v) is 23.2. The summed E-state index contributed by atoms with van der Waals surface area (Å²) in [6.07, 6.45) is 3.86. The maximum Gasteiger partial charge on any atom is 0.259 e. The zero-order chi connectivity index (χ0) is 26.5. The number of nitrogens with one attached hydrogen (secondary N) is 2. The topological polar surface area (TPSA) is 117 Å². The fraction of sp³-hybridized carbons (Fsp3) is 0.654. The van der Waals surface area contributed by atoms with E-state index in [2.05, 4.69) is 29.5 Å². The molecule has 200 valence electrons. The Morgan fingerprint density at radius 2 is 2.06 bits per heavy atom. The maximum absolute atomic E-state index is 14.0. The Morgan fingerprint density at radius 3 is 2.67 bits per heavy atom. The molecule has 1 aliphatic rings. The molecule has 36 heavy (non-hydrogen) atoms. The van der Waals surface area contributed by atoms with Crippen molar-refractivity contribution in [2.45, 2.75) is 66.0 Å². The minimum Gasteiger partial charge on any atom is -0.467 e. The third-order valence-electron chi connectivity index (χ3n) is 6.31. The quantitative estimate of drug-likeness (QED) is 0.490. The third kappa shape index (κ3) is 7.52. The van der Waals surface area contributed by atoms with Gasteiger partial charge in [-0.1, -0.05) is 41.5 Å². The Hall–Kier alpha value is -2.46. The van der Waals surface area contributed by atoms with E-state index in [9.17, 15) is 13.2 Å². The average Bonchev–Trinajstić information content (AvgIpc) is 3.33. The summed E-state index contributed by atoms with van der Waals surface area (Å²) in [6, 6.07) is 3.56. The Bertz CT molecular complexity index is 1110. The average molecular weight is 520 g/mol. The van der Waals surface area contributed by atoms with E-state index in [1.807, 2.05) is 37.8 Å². The fourth-order valence-electron chi connectivity index (χ4n) is 4.41. The molecule has 0 spiro atoms. The highest BCUT2D eigenvalue weighted by Gasteiger charge is 2.34. The molecule has 10 heteroatoms. The van der Waals surface area contributed by atoms with Gasteiger partial charge in [0.05, 0.1) is 18.6 Å². The molecule has 0 radical (unpaired) electrons. The number of nitrogens with zero attached hydrogens (tertiary/aromatic N) is 3. The van der Waals surface area contributed by atoms with Crippen molar-refractivity contribution in [1.82, 2.24) is 20.2 Å². The third-order valence-corrected chi connectivity index (χ3v) is 8.17. The van der Waals surface area contributed by atoms with Gasteiger partial charge in [-0.05, 0) is 36.9 Å². The van der Waals surface area contributed by atoms with E-state index in [-0.39, 0.29) is 40.7 Å². The van der Waals surface area contributed by atoms with Crippen molar-refractivity contribution >= 4 is 21.6 Å². The van der Waals surface area contributed by atoms with Gasteiger partial charge in [0.2, 0.25) is 0 Å². The van der Waals surface area contributed by atoms with Gasteiger partial charge in [0.1, 0.15) is 32.8 Å². The van der Waals surface area contributed by atoms with Gasteiger partial charge < -0.3 is 20.0 Å². The molecule has 2 aromatic rings. The van der Waals surface area contributed by atoms with Crippen molar-refractivity contribution in [2.75, 3.05) is 36.5 Å². The first-order valence-electron chi connectivity index (χ1n) is 12.8. The molecule has 3 heterocycles. The van der Waals surface area contributed by atoms with Crippen LogP contribution >= 0.6 is 0 Å². The smallest absolute Gasteiger partial charge is 0.259 e. The second kappa shape index (κ2) is 11.7. The lowest BCUT2D eigenvalue weighted by atomic mass is 9.94. The Morgan fingerprint density at radius 1 is 1.31 bits per heavy atom. The van der Waals surface area contributed by atoms with Gasteiger partial charge in [-0.2, -0.15) is 0 Å². The number of amides is 1. The Labute approximate surface area is 215 Å². The summed E-state index contributed by atoms with van der Waals surface area (Å²) in [5.74, 6) is 2.16. The van der Waals surface area contributed by atoms with E-state index in [4.69, 9.17) is 9.40 Å². The van der Waals surface area contributed by atoms with E-state index < -0.39 is 9.84 Å². The number of hydrogen-bond acceptors (Lipinski definition) is 8. The molecule has 0 bridgehead atoms. The standard InChI is InChI=1S/C26H41N5O4S/c1-7-36(33,34)17-19-11-20(13-27-12-19)31(16-18(2)3)24(32)22-15-29-25(26(4,5)6)30-23(22)28-14-21-9-8-10-35-21/h8-10,15,18-20,27H,7,11-14,16-17H2,1-6H3,(H,28,29,30). The Kier molecular flexibility index (Phi) is 9.16. The van der Waals surface area contributed by atoms with Crippen molar-refractivity contribution in [2.24, 2.45) is 11.8 Å². The molecule has 1 aliphatic heterocycles. The number of aromatic nitrogens is 2. The fourth-order valence-corrected chi connectivity index (χ4v) is 5.62. The molecule has 2 atom stereocenters. The summed E-state index contributed by atoms with van der Waals surface area (Å²) in [5.41, 5.74) is 0.115. The summed E-state index contributed by atoms with van der Waals surface area (Å²) in [5, 5.41) is 6.64. The molecular formula is C26H41N5O4S. The number of hydrogen-bond donors (Lipinski definition) is 2. The number of carbonyl (C=O) groups excluding carboxylic acids is 1. The molecule has 1 fully saturated rings. The SMILES string of the molecule is CCS(=O)(=O)CC1CNCC(N(CC(C)C)C(=O)c2cnc(C(C)(C)C)nc2NCc2ccco2)C1. The highest BCUT2D eigenvalue weighted by Crippen LogP contribution is 2.26. The van der Waals surface area contributed by atoms with Gasteiger partial charge in [0.25, 0.3) is 5.91 Å². The van der Waals surface area contributed by atoms with Crippen LogP contribution in [0.3, 0.4) is 0 Å². The van der Waals surface area contributed by atoms with Crippen LogP contribution in [0.15, 0.2) is 29.0 Å². The minimum absolute atomic E-state index is 0.0350. The van der Waals surface area contributed by atoms with Crippen molar-refractivity contribution in [3.05, 3.63) is 41.7 Å². The lowest BCUT2D eigenvalue weighted by Crippen LogP contribution is -2.53. The van der Waals surface area contributed by atoms with E-state index in [1.165, 1.54) is 0 Å². The molecule has 9 nitrogen and oxygen atoms in total. The van der Waals surface area contributed by atoms with Gasteiger partial charge in [0.15, 0.2) is 0 Å². The summed E-state index contributed by atoms with van der Waals surface area (Å²) in [7, 11) is -3.10. The predicted molar refractivity (Wildman–Crippen MR) is 142 cm³/mol. The molecule has 1 saturated heterocycles. The molecule has 2 N–H and O–H groups in total. The van der Waals surface area contributed by atoms with Gasteiger partial charge in [-0.25, -0.2) is 18.4 Å². The largest absolute Gasteiger partial charge is 0.467 e. The van der Waals surface area contributed by atoms with Crippen LogP contribution in [-0.2, 0) is 21.8 Å². The lowest BCUT2D eigenvalue weighted by Gasteiger charge is -2.39. The molecule has 3 rings (SSSR count). The number of sulfone groups is 1. The van der Waals surface area contributed by atoms with Crippen LogP contribution in [-0.4, -0.2) is 66.4 Å². The normalized spacial score (nSPS) is 18.9. The summed E-state index contributed by atoms with van der Waals surface area (Å²) in [6.45, 7) is 14.1. The highest BCUT2D eigenvalue weighted by molar-refractivity contribution is 7.91. The number of piperidine rings is 1. The van der Waals surface area contributed by atoms with E-state index >= 15 is 0 Å². The van der Waals surface area contributed by atoms with Crippen LogP contribution in [0.2, 0.25) is 0 Å². The van der Waals surface area contributed by atoms with Crippen LogP contribution in [0.25, 0.3) is 0 Å². The summed E-state index contributed by atoms with van der Waals surface area (Å²) < 4.78 is 30.0. The van der Waals surface area contributed by atoms with Gasteiger partial charge in [-0.3, -0.25) is 4.79 Å². The second-order valence-corrected chi connectivity index (χ2v) is 13.5. The van der Waals surface area contributed by atoms with Crippen molar-refractivity contribution in [3.8, 4) is 0 Å². The molecular weight excluding hydrogens is 478 g/mol. The summed E-state index contributed by atoms with van der Waals surface area (Å²) in [4.78, 5) is 25.2. The van der Waals surface area contributed by atoms with Crippen LogP contribution in [0.1, 0.15) is 69.9 Å². The first-order valence-corrected chi connectivity index (χ1v) is 14.6. The Balaban J connectivity index is 1.91. The van der Waals surface area contributed by atoms with E-state index in [0.717, 1.165) is 5.76 Å². The number of rotatable bonds is 10. The van der Waals surface area contributed by atoms with E-state index in [1.54, 1.807) is 19.4 Å². The van der Waals surface area contributed by atoms with Crippen LogP contribution in [0.4, 0.5) is 5.82 Å².